The SMILES string of the molecule is CCC(C)CN(CC)S(=O)(=O)c1[nH]ncc1CO. The maximum absolute atomic E-state index is 12.4. The van der Waals surface area contributed by atoms with Crippen molar-refractivity contribution >= 4 is 10.0 Å². The van der Waals surface area contributed by atoms with Crippen LogP contribution in [0.3, 0.4) is 0 Å². The zero-order chi connectivity index (χ0) is 13.8. The van der Waals surface area contributed by atoms with Crippen LogP contribution in [0.2, 0.25) is 0 Å². The smallest absolute Gasteiger partial charge is 0.260 e. The molecule has 1 aromatic rings. The van der Waals surface area contributed by atoms with E-state index in [-0.39, 0.29) is 11.6 Å². The van der Waals surface area contributed by atoms with E-state index in [0.717, 1.165) is 6.42 Å². The van der Waals surface area contributed by atoms with Crippen LogP contribution in [0.15, 0.2) is 11.2 Å². The fraction of sp³-hybridized carbons (Fsp3) is 0.727. The molecule has 104 valence electrons. The monoisotopic (exact) mass is 275 g/mol. The van der Waals surface area contributed by atoms with E-state index in [2.05, 4.69) is 10.2 Å². The molecule has 0 radical (unpaired) electrons. The molecule has 7 heteroatoms. The third-order valence-corrected chi connectivity index (χ3v) is 4.97. The first-order valence-corrected chi connectivity index (χ1v) is 7.54. The van der Waals surface area contributed by atoms with E-state index in [1.165, 1.54) is 10.5 Å². The van der Waals surface area contributed by atoms with E-state index in [0.29, 0.717) is 24.6 Å². The third kappa shape index (κ3) is 3.09. The van der Waals surface area contributed by atoms with Gasteiger partial charge in [0.15, 0.2) is 5.03 Å². The number of sulfonamides is 1. The summed E-state index contributed by atoms with van der Waals surface area (Å²) < 4.78 is 26.2. The molecule has 0 aromatic carbocycles. The van der Waals surface area contributed by atoms with Crippen molar-refractivity contribution in [3.8, 4) is 0 Å². The van der Waals surface area contributed by atoms with Crippen LogP contribution in [0, 0.1) is 5.92 Å². The molecule has 0 aliphatic rings. The molecule has 0 saturated carbocycles. The predicted octanol–water partition coefficient (Wildman–Crippen LogP) is 0.959. The molecule has 1 aromatic heterocycles. The minimum atomic E-state index is -3.60. The first kappa shape index (κ1) is 15.1. The molecule has 0 aliphatic heterocycles. The Balaban J connectivity index is 3.03. The molecule has 0 bridgehead atoms. The molecular formula is C11H21N3O3S. The fourth-order valence-electron chi connectivity index (χ4n) is 1.64. The number of hydrogen-bond donors (Lipinski definition) is 2. The topological polar surface area (TPSA) is 86.3 Å². The van der Waals surface area contributed by atoms with Gasteiger partial charge in [-0.25, -0.2) is 8.42 Å². The Morgan fingerprint density at radius 2 is 2.17 bits per heavy atom. The largest absolute Gasteiger partial charge is 0.392 e. The van der Waals surface area contributed by atoms with Crippen molar-refractivity contribution in [1.82, 2.24) is 14.5 Å². The summed E-state index contributed by atoms with van der Waals surface area (Å²) in [4.78, 5) is 0. The van der Waals surface area contributed by atoms with Crippen molar-refractivity contribution in [1.29, 1.82) is 0 Å². The maximum atomic E-state index is 12.4. The normalized spacial score (nSPS) is 14.1. The number of aromatic nitrogens is 2. The van der Waals surface area contributed by atoms with E-state index >= 15 is 0 Å². The van der Waals surface area contributed by atoms with Crippen LogP contribution in [0.25, 0.3) is 0 Å². The quantitative estimate of drug-likeness (QED) is 0.776. The van der Waals surface area contributed by atoms with Gasteiger partial charge in [-0.05, 0) is 5.92 Å². The van der Waals surface area contributed by atoms with Gasteiger partial charge in [0.1, 0.15) is 0 Å². The molecule has 2 N–H and O–H groups in total. The number of aliphatic hydroxyl groups excluding tert-OH is 1. The second-order valence-corrected chi connectivity index (χ2v) is 6.23. The summed E-state index contributed by atoms with van der Waals surface area (Å²) in [6, 6.07) is 0. The number of aromatic amines is 1. The zero-order valence-corrected chi connectivity index (χ0v) is 11.9. The molecule has 1 unspecified atom stereocenters. The molecule has 1 heterocycles. The van der Waals surface area contributed by atoms with E-state index in [1.807, 2.05) is 13.8 Å². The van der Waals surface area contributed by atoms with Gasteiger partial charge in [0.25, 0.3) is 10.0 Å². The Morgan fingerprint density at radius 1 is 1.50 bits per heavy atom. The number of nitrogens with zero attached hydrogens (tertiary/aromatic N) is 2. The highest BCUT2D eigenvalue weighted by Gasteiger charge is 2.28. The van der Waals surface area contributed by atoms with Crippen LogP contribution in [-0.2, 0) is 16.6 Å². The molecular weight excluding hydrogens is 254 g/mol. The molecule has 1 atom stereocenters. The average molecular weight is 275 g/mol. The highest BCUT2D eigenvalue weighted by atomic mass is 32.2. The zero-order valence-electron chi connectivity index (χ0n) is 11.0. The van der Waals surface area contributed by atoms with E-state index in [1.54, 1.807) is 6.92 Å². The standard InChI is InChI=1S/C11H21N3O3S/c1-4-9(3)7-14(5-2)18(16,17)11-10(8-15)6-12-13-11/h6,9,15H,4-5,7-8H2,1-3H3,(H,12,13). The Labute approximate surface area is 108 Å². The molecule has 0 spiro atoms. The Morgan fingerprint density at radius 3 is 2.67 bits per heavy atom. The lowest BCUT2D eigenvalue weighted by atomic mass is 10.1. The summed E-state index contributed by atoms with van der Waals surface area (Å²) in [5.41, 5.74) is 0.303. The van der Waals surface area contributed by atoms with Crippen molar-refractivity contribution in [3.63, 3.8) is 0 Å². The highest BCUT2D eigenvalue weighted by molar-refractivity contribution is 7.89. The maximum Gasteiger partial charge on any atom is 0.260 e. The van der Waals surface area contributed by atoms with Crippen LogP contribution >= 0.6 is 0 Å². The van der Waals surface area contributed by atoms with Gasteiger partial charge in [-0.2, -0.15) is 9.40 Å². The number of hydrogen-bond acceptors (Lipinski definition) is 4. The summed E-state index contributed by atoms with van der Waals surface area (Å²) in [5.74, 6) is 0.292. The molecule has 0 amide bonds. The van der Waals surface area contributed by atoms with Gasteiger partial charge in [-0.1, -0.05) is 27.2 Å². The van der Waals surface area contributed by atoms with Gasteiger partial charge >= 0.3 is 0 Å². The van der Waals surface area contributed by atoms with Crippen molar-refractivity contribution in [2.75, 3.05) is 13.1 Å². The lowest BCUT2D eigenvalue weighted by Gasteiger charge is -2.23. The third-order valence-electron chi connectivity index (χ3n) is 3.01. The first-order valence-electron chi connectivity index (χ1n) is 6.10. The van der Waals surface area contributed by atoms with Gasteiger partial charge in [-0.15, -0.1) is 0 Å². The predicted molar refractivity (Wildman–Crippen MR) is 68.4 cm³/mol. The summed E-state index contributed by atoms with van der Waals surface area (Å²) >= 11 is 0. The van der Waals surface area contributed by atoms with Gasteiger partial charge in [0, 0.05) is 18.7 Å². The number of nitrogens with one attached hydrogen (secondary N) is 1. The molecule has 1 rings (SSSR count). The van der Waals surface area contributed by atoms with Crippen LogP contribution < -0.4 is 0 Å². The first-order chi connectivity index (χ1) is 8.47. The molecule has 0 saturated heterocycles. The molecule has 0 aliphatic carbocycles. The lowest BCUT2D eigenvalue weighted by Crippen LogP contribution is -2.35. The summed E-state index contributed by atoms with van der Waals surface area (Å²) in [6.45, 7) is 6.37. The van der Waals surface area contributed by atoms with Crippen LogP contribution in [0.5, 0.6) is 0 Å². The van der Waals surface area contributed by atoms with Crippen LogP contribution in [-0.4, -0.2) is 41.1 Å². The van der Waals surface area contributed by atoms with Gasteiger partial charge in [-0.3, -0.25) is 5.10 Å². The molecule has 18 heavy (non-hydrogen) atoms. The average Bonchev–Trinajstić information content (AvgIpc) is 2.84. The number of rotatable bonds is 7. The summed E-state index contributed by atoms with van der Waals surface area (Å²) in [5, 5.41) is 15.3. The van der Waals surface area contributed by atoms with Gasteiger partial charge in [0.05, 0.1) is 12.8 Å². The second-order valence-electron chi connectivity index (χ2n) is 4.35. The Bertz CT molecular complexity index is 470. The second kappa shape index (κ2) is 6.31. The van der Waals surface area contributed by atoms with Crippen LogP contribution in [0.1, 0.15) is 32.8 Å². The highest BCUT2D eigenvalue weighted by Crippen LogP contribution is 2.19. The molecule has 0 fully saturated rings. The van der Waals surface area contributed by atoms with Crippen LogP contribution in [0.4, 0.5) is 0 Å². The minimum absolute atomic E-state index is 0.00449. The lowest BCUT2D eigenvalue weighted by molar-refractivity contribution is 0.277. The van der Waals surface area contributed by atoms with Crippen molar-refractivity contribution < 1.29 is 13.5 Å². The fourth-order valence-corrected chi connectivity index (χ4v) is 3.30. The minimum Gasteiger partial charge on any atom is -0.392 e. The van der Waals surface area contributed by atoms with E-state index in [9.17, 15) is 8.42 Å². The number of H-pyrrole nitrogens is 1. The van der Waals surface area contributed by atoms with Gasteiger partial charge < -0.3 is 5.11 Å². The number of aliphatic hydroxyl groups is 1. The summed E-state index contributed by atoms with van der Waals surface area (Å²) in [7, 11) is -3.60. The van der Waals surface area contributed by atoms with E-state index in [4.69, 9.17) is 5.11 Å². The Hall–Kier alpha value is -0.920. The van der Waals surface area contributed by atoms with E-state index < -0.39 is 10.0 Å². The van der Waals surface area contributed by atoms with Gasteiger partial charge in [0.2, 0.25) is 0 Å². The Kier molecular flexibility index (Phi) is 5.30. The van der Waals surface area contributed by atoms with Crippen molar-refractivity contribution in [2.24, 2.45) is 5.92 Å². The summed E-state index contributed by atoms with van der Waals surface area (Å²) in [6.07, 6.45) is 2.26. The molecule has 6 nitrogen and oxygen atoms in total. The van der Waals surface area contributed by atoms with Crippen molar-refractivity contribution in [2.45, 2.75) is 38.8 Å². The van der Waals surface area contributed by atoms with Crippen molar-refractivity contribution in [3.05, 3.63) is 11.8 Å².